The molecule has 3 heteroatoms. The van der Waals surface area contributed by atoms with Crippen molar-refractivity contribution in [3.63, 3.8) is 0 Å². The summed E-state index contributed by atoms with van der Waals surface area (Å²) in [6, 6.07) is 1.43. The van der Waals surface area contributed by atoms with Crippen LogP contribution in [0.4, 0.5) is 0 Å². The van der Waals surface area contributed by atoms with E-state index in [0.29, 0.717) is 4.66 Å². The smallest absolute Gasteiger partial charge is 0.128 e. The zero-order chi connectivity index (χ0) is 12.2. The van der Waals surface area contributed by atoms with Crippen LogP contribution >= 0.6 is 11.1 Å². The van der Waals surface area contributed by atoms with Crippen LogP contribution in [0, 0.1) is 0 Å². The lowest BCUT2D eigenvalue weighted by Crippen LogP contribution is -2.47. The van der Waals surface area contributed by atoms with E-state index in [1.165, 1.54) is 18.9 Å². The first kappa shape index (κ1) is 14.3. The minimum absolute atomic E-state index is 0.452. The van der Waals surface area contributed by atoms with E-state index in [2.05, 4.69) is 51.6 Å². The Kier molecular flexibility index (Phi) is 5.08. The standard InChI is InChI=1S/C13H25ClSi2/c1-5-6-11-16(4,13(2,3)15-14)12-9-7-8-10-12/h7-10,12H,5-6,11,15H2,1-4H3. The number of allylic oxidation sites excluding steroid dienone is 4. The maximum absolute atomic E-state index is 6.36. The summed E-state index contributed by atoms with van der Waals surface area (Å²) in [4.78, 5) is 0. The van der Waals surface area contributed by atoms with Crippen LogP contribution < -0.4 is 0 Å². The Hall–Kier alpha value is 0.204. The van der Waals surface area contributed by atoms with Gasteiger partial charge in [0, 0.05) is 0 Å². The van der Waals surface area contributed by atoms with Crippen LogP contribution in [0.5, 0.6) is 0 Å². The maximum atomic E-state index is 6.36. The van der Waals surface area contributed by atoms with Crippen LogP contribution in [0.3, 0.4) is 0 Å². The first-order valence-electron chi connectivity index (χ1n) is 6.39. The fourth-order valence-corrected chi connectivity index (χ4v) is 11.8. The normalized spacial score (nSPS) is 21.1. The van der Waals surface area contributed by atoms with Crippen molar-refractivity contribution in [1.82, 2.24) is 0 Å². The van der Waals surface area contributed by atoms with E-state index in [4.69, 9.17) is 11.1 Å². The van der Waals surface area contributed by atoms with Crippen LogP contribution in [-0.4, -0.2) is 16.9 Å². The third-order valence-electron chi connectivity index (χ3n) is 4.41. The predicted molar refractivity (Wildman–Crippen MR) is 81.8 cm³/mol. The van der Waals surface area contributed by atoms with Crippen molar-refractivity contribution in [1.29, 1.82) is 0 Å². The minimum Gasteiger partial charge on any atom is -0.176 e. The van der Waals surface area contributed by atoms with Crippen LogP contribution in [0.1, 0.15) is 33.6 Å². The maximum Gasteiger partial charge on any atom is 0.128 e. The average Bonchev–Trinajstić information content (AvgIpc) is 2.79. The molecule has 1 unspecified atom stereocenters. The fourth-order valence-electron chi connectivity index (χ4n) is 2.51. The summed E-state index contributed by atoms with van der Waals surface area (Å²) in [5, 5.41) is 0. The molecule has 0 fully saturated rings. The van der Waals surface area contributed by atoms with Crippen molar-refractivity contribution in [2.24, 2.45) is 0 Å². The van der Waals surface area contributed by atoms with Gasteiger partial charge in [-0.3, -0.25) is 0 Å². The molecule has 16 heavy (non-hydrogen) atoms. The lowest BCUT2D eigenvalue weighted by atomic mass is 10.4. The second kappa shape index (κ2) is 5.70. The van der Waals surface area contributed by atoms with Gasteiger partial charge < -0.3 is 0 Å². The Morgan fingerprint density at radius 3 is 2.31 bits per heavy atom. The fraction of sp³-hybridized carbons (Fsp3) is 0.692. The van der Waals surface area contributed by atoms with Crippen molar-refractivity contribution < 1.29 is 0 Å². The molecule has 0 aromatic rings. The Balaban J connectivity index is 2.91. The van der Waals surface area contributed by atoms with Gasteiger partial charge in [-0.05, 0) is 10.2 Å². The molecule has 0 radical (unpaired) electrons. The van der Waals surface area contributed by atoms with E-state index >= 15 is 0 Å². The molecule has 0 bridgehead atoms. The number of hydrogen-bond acceptors (Lipinski definition) is 0. The highest BCUT2D eigenvalue weighted by Gasteiger charge is 2.46. The first-order chi connectivity index (χ1) is 7.48. The highest BCUT2D eigenvalue weighted by atomic mass is 35.6. The van der Waals surface area contributed by atoms with Gasteiger partial charge in [0.2, 0.25) is 0 Å². The van der Waals surface area contributed by atoms with E-state index in [9.17, 15) is 0 Å². The Labute approximate surface area is 109 Å². The molecule has 1 aliphatic rings. The van der Waals surface area contributed by atoms with Crippen LogP contribution in [-0.2, 0) is 0 Å². The van der Waals surface area contributed by atoms with E-state index in [1.807, 2.05) is 0 Å². The van der Waals surface area contributed by atoms with Gasteiger partial charge in [-0.25, -0.2) is 0 Å². The Morgan fingerprint density at radius 1 is 1.31 bits per heavy atom. The van der Waals surface area contributed by atoms with E-state index in [0.717, 1.165) is 5.54 Å². The Morgan fingerprint density at radius 2 is 1.88 bits per heavy atom. The summed E-state index contributed by atoms with van der Waals surface area (Å²) in [5.41, 5.74) is 0.722. The number of unbranched alkanes of at least 4 members (excludes halogenated alkanes) is 1. The molecule has 1 aliphatic carbocycles. The molecule has 0 amide bonds. The lowest BCUT2D eigenvalue weighted by molar-refractivity contribution is 0.803. The molecule has 92 valence electrons. The van der Waals surface area contributed by atoms with E-state index in [1.54, 1.807) is 0 Å². The SMILES string of the molecule is CCCC[Si](C)(C1C=CC=C1)C(C)(C)[SiH2]Cl. The van der Waals surface area contributed by atoms with E-state index < -0.39 is 16.9 Å². The molecule has 0 spiro atoms. The Bertz CT molecular complexity index is 272. The summed E-state index contributed by atoms with van der Waals surface area (Å²) in [5.74, 6) is 0. The average molecular weight is 273 g/mol. The molecule has 0 nitrogen and oxygen atoms in total. The first-order valence-corrected chi connectivity index (χ1v) is 12.0. The second-order valence-corrected chi connectivity index (χ2v) is 14.7. The molecule has 1 atom stereocenters. The molecule has 0 aromatic heterocycles. The number of rotatable bonds is 6. The summed E-state index contributed by atoms with van der Waals surface area (Å²) < 4.78 is 0.452. The quantitative estimate of drug-likeness (QED) is 0.496. The molecular weight excluding hydrogens is 248 g/mol. The van der Waals surface area contributed by atoms with Gasteiger partial charge in [0.05, 0.1) is 8.07 Å². The van der Waals surface area contributed by atoms with Crippen molar-refractivity contribution in [2.45, 2.75) is 56.4 Å². The molecule has 0 saturated carbocycles. The zero-order valence-corrected chi connectivity index (χ0v) is 14.3. The third kappa shape index (κ3) is 2.71. The van der Waals surface area contributed by atoms with Gasteiger partial charge in [0.25, 0.3) is 0 Å². The third-order valence-corrected chi connectivity index (χ3v) is 17.1. The predicted octanol–water partition coefficient (Wildman–Crippen LogP) is 4.42. The molecule has 0 N–H and O–H groups in total. The molecule has 0 aromatic carbocycles. The van der Waals surface area contributed by atoms with Crippen LogP contribution in [0.25, 0.3) is 0 Å². The lowest BCUT2D eigenvalue weighted by Gasteiger charge is -2.45. The van der Waals surface area contributed by atoms with Gasteiger partial charge >= 0.3 is 0 Å². The monoisotopic (exact) mass is 272 g/mol. The van der Waals surface area contributed by atoms with Gasteiger partial charge in [-0.2, -0.15) is 11.1 Å². The van der Waals surface area contributed by atoms with Crippen LogP contribution in [0.15, 0.2) is 24.3 Å². The topological polar surface area (TPSA) is 0 Å². The van der Waals surface area contributed by atoms with E-state index in [-0.39, 0.29) is 0 Å². The number of halogens is 1. The van der Waals surface area contributed by atoms with Crippen molar-refractivity contribution >= 4 is 28.0 Å². The zero-order valence-electron chi connectivity index (χ0n) is 11.1. The van der Waals surface area contributed by atoms with Crippen molar-refractivity contribution in [3.8, 4) is 0 Å². The molecular formula is C13H25ClSi2. The van der Waals surface area contributed by atoms with Gasteiger partial charge in [-0.1, -0.05) is 70.5 Å². The van der Waals surface area contributed by atoms with Crippen molar-refractivity contribution in [2.75, 3.05) is 0 Å². The summed E-state index contributed by atoms with van der Waals surface area (Å²) in [6.07, 6.45) is 11.9. The molecule has 0 aliphatic heterocycles. The van der Waals surface area contributed by atoms with Crippen LogP contribution in [0.2, 0.25) is 22.8 Å². The van der Waals surface area contributed by atoms with Gasteiger partial charge in [0.1, 0.15) is 8.83 Å². The summed E-state index contributed by atoms with van der Waals surface area (Å²) in [7, 11) is -1.77. The minimum atomic E-state index is -1.31. The summed E-state index contributed by atoms with van der Waals surface area (Å²) in [6.45, 7) is 9.71. The molecule has 0 saturated heterocycles. The van der Waals surface area contributed by atoms with Crippen molar-refractivity contribution in [3.05, 3.63) is 24.3 Å². The highest BCUT2D eigenvalue weighted by molar-refractivity contribution is 7.06. The highest BCUT2D eigenvalue weighted by Crippen LogP contribution is 2.49. The largest absolute Gasteiger partial charge is 0.176 e. The summed E-state index contributed by atoms with van der Waals surface area (Å²) >= 11 is 6.36. The van der Waals surface area contributed by atoms with Gasteiger partial charge in [-0.15, -0.1) is 0 Å². The molecule has 1 rings (SSSR count). The van der Waals surface area contributed by atoms with Gasteiger partial charge in [0.15, 0.2) is 0 Å². The second-order valence-electron chi connectivity index (χ2n) is 5.83. The number of hydrogen-bond donors (Lipinski definition) is 0. The molecule has 0 heterocycles.